The molecule has 0 bridgehead atoms. The summed E-state index contributed by atoms with van der Waals surface area (Å²) in [6.07, 6.45) is 2.37. The quantitative estimate of drug-likeness (QED) is 0.294. The SMILES string of the molecule is O=C(/C=C/c1cccc([N+](=O)[O-])c1)C1=C(O)COC1=O. The molecule has 1 N–H and O–H groups in total. The third-order valence-corrected chi connectivity index (χ3v) is 2.59. The van der Waals surface area contributed by atoms with Gasteiger partial charge in [0.1, 0.15) is 17.9 Å². The average Bonchev–Trinajstić information content (AvgIpc) is 2.76. The lowest BCUT2D eigenvalue weighted by atomic mass is 10.1. The molecule has 0 unspecified atom stereocenters. The summed E-state index contributed by atoms with van der Waals surface area (Å²) in [5.41, 5.74) is -0.0902. The molecule has 20 heavy (non-hydrogen) atoms. The van der Waals surface area contributed by atoms with E-state index in [1.54, 1.807) is 6.07 Å². The van der Waals surface area contributed by atoms with E-state index < -0.39 is 28.0 Å². The van der Waals surface area contributed by atoms with Gasteiger partial charge >= 0.3 is 5.97 Å². The number of esters is 1. The maximum atomic E-state index is 11.7. The molecule has 0 radical (unpaired) electrons. The monoisotopic (exact) mass is 275 g/mol. The highest BCUT2D eigenvalue weighted by atomic mass is 16.6. The lowest BCUT2D eigenvalue weighted by Crippen LogP contribution is -2.08. The number of nitrogens with zero attached hydrogens (tertiary/aromatic N) is 1. The van der Waals surface area contributed by atoms with Gasteiger partial charge in [-0.2, -0.15) is 0 Å². The fourth-order valence-corrected chi connectivity index (χ4v) is 1.64. The van der Waals surface area contributed by atoms with Crippen molar-refractivity contribution in [2.45, 2.75) is 0 Å². The summed E-state index contributed by atoms with van der Waals surface area (Å²) in [6, 6.07) is 5.65. The van der Waals surface area contributed by atoms with E-state index in [9.17, 15) is 24.8 Å². The minimum atomic E-state index is -0.879. The van der Waals surface area contributed by atoms with Crippen LogP contribution in [-0.4, -0.2) is 28.4 Å². The molecule has 0 aromatic heterocycles. The number of ether oxygens (including phenoxy) is 1. The summed E-state index contributed by atoms with van der Waals surface area (Å²) in [5, 5.41) is 19.9. The largest absolute Gasteiger partial charge is 0.508 e. The first-order valence-corrected chi connectivity index (χ1v) is 5.55. The van der Waals surface area contributed by atoms with Crippen molar-refractivity contribution in [1.82, 2.24) is 0 Å². The van der Waals surface area contributed by atoms with E-state index in [1.165, 1.54) is 24.3 Å². The van der Waals surface area contributed by atoms with Crippen LogP contribution in [0.25, 0.3) is 6.08 Å². The molecule has 7 heteroatoms. The summed E-state index contributed by atoms with van der Waals surface area (Å²) in [5.74, 6) is -2.00. The fraction of sp³-hybridized carbons (Fsp3) is 0.0769. The van der Waals surface area contributed by atoms with Crippen LogP contribution in [0.3, 0.4) is 0 Å². The molecule has 0 spiro atoms. The number of rotatable bonds is 4. The average molecular weight is 275 g/mol. The van der Waals surface area contributed by atoms with Crippen LogP contribution in [0, 0.1) is 10.1 Å². The summed E-state index contributed by atoms with van der Waals surface area (Å²) >= 11 is 0. The number of hydrogen-bond donors (Lipinski definition) is 1. The Morgan fingerprint density at radius 3 is 2.80 bits per heavy atom. The Morgan fingerprint density at radius 2 is 2.20 bits per heavy atom. The fourth-order valence-electron chi connectivity index (χ4n) is 1.64. The highest BCUT2D eigenvalue weighted by Crippen LogP contribution is 2.17. The van der Waals surface area contributed by atoms with Crippen molar-refractivity contribution in [3.63, 3.8) is 0 Å². The number of hydrogen-bond acceptors (Lipinski definition) is 6. The number of allylic oxidation sites excluding steroid dienone is 1. The molecule has 1 aliphatic heterocycles. The summed E-state index contributed by atoms with van der Waals surface area (Å²) < 4.78 is 4.49. The molecule has 1 aromatic rings. The van der Waals surface area contributed by atoms with Crippen LogP contribution in [0.4, 0.5) is 5.69 Å². The van der Waals surface area contributed by atoms with Gasteiger partial charge in [-0.3, -0.25) is 14.9 Å². The maximum Gasteiger partial charge on any atom is 0.346 e. The van der Waals surface area contributed by atoms with Crippen LogP contribution < -0.4 is 0 Å². The third kappa shape index (κ3) is 2.72. The Bertz CT molecular complexity index is 659. The van der Waals surface area contributed by atoms with Gasteiger partial charge in [-0.25, -0.2) is 4.79 Å². The molecule has 2 rings (SSSR count). The Labute approximate surface area is 112 Å². The number of aliphatic hydroxyl groups excluding tert-OH is 1. The number of non-ortho nitro benzene ring substituents is 1. The van der Waals surface area contributed by atoms with Gasteiger partial charge < -0.3 is 9.84 Å². The van der Waals surface area contributed by atoms with Crippen molar-refractivity contribution < 1.29 is 24.4 Å². The Kier molecular flexibility index (Phi) is 3.60. The molecule has 1 aromatic carbocycles. The lowest BCUT2D eigenvalue weighted by Gasteiger charge is -1.95. The van der Waals surface area contributed by atoms with E-state index in [0.29, 0.717) is 5.56 Å². The molecule has 102 valence electrons. The van der Waals surface area contributed by atoms with Crippen molar-refractivity contribution in [1.29, 1.82) is 0 Å². The molecule has 7 nitrogen and oxygen atoms in total. The Morgan fingerprint density at radius 1 is 1.45 bits per heavy atom. The van der Waals surface area contributed by atoms with E-state index in [4.69, 9.17) is 0 Å². The molecule has 0 fully saturated rings. The first-order chi connectivity index (χ1) is 9.49. The normalized spacial score (nSPS) is 14.7. The maximum absolute atomic E-state index is 11.7. The van der Waals surface area contributed by atoms with Crippen molar-refractivity contribution >= 4 is 23.5 Å². The van der Waals surface area contributed by atoms with Gasteiger partial charge in [-0.1, -0.05) is 18.2 Å². The first kappa shape index (κ1) is 13.5. The standard InChI is InChI=1S/C13H9NO6/c15-10(12-11(16)7-20-13(12)17)5-4-8-2-1-3-9(6-8)14(18)19/h1-6,16H,7H2/b5-4+. The van der Waals surface area contributed by atoms with Crippen LogP contribution in [0.15, 0.2) is 41.7 Å². The number of nitro benzene ring substituents is 1. The van der Waals surface area contributed by atoms with E-state index in [1.807, 2.05) is 0 Å². The zero-order valence-electron chi connectivity index (χ0n) is 10.1. The molecule has 0 saturated carbocycles. The van der Waals surface area contributed by atoms with Crippen LogP contribution >= 0.6 is 0 Å². The molecule has 0 saturated heterocycles. The first-order valence-electron chi connectivity index (χ1n) is 5.55. The Balaban J connectivity index is 2.20. The third-order valence-electron chi connectivity index (χ3n) is 2.59. The topological polar surface area (TPSA) is 107 Å². The van der Waals surface area contributed by atoms with Crippen molar-refractivity contribution in [3.8, 4) is 0 Å². The smallest absolute Gasteiger partial charge is 0.346 e. The number of aliphatic hydroxyl groups is 1. The number of carbonyl (C=O) groups excluding carboxylic acids is 2. The number of carbonyl (C=O) groups is 2. The molecule has 0 amide bonds. The zero-order chi connectivity index (χ0) is 14.7. The minimum absolute atomic E-state index is 0.109. The zero-order valence-corrected chi connectivity index (χ0v) is 10.1. The lowest BCUT2D eigenvalue weighted by molar-refractivity contribution is -0.384. The van der Waals surface area contributed by atoms with Crippen molar-refractivity contribution in [2.75, 3.05) is 6.61 Å². The summed E-state index contributed by atoms with van der Waals surface area (Å²) in [7, 11) is 0. The molecular weight excluding hydrogens is 266 g/mol. The second-order valence-electron chi connectivity index (χ2n) is 3.95. The van der Waals surface area contributed by atoms with Crippen LogP contribution in [0.5, 0.6) is 0 Å². The second-order valence-corrected chi connectivity index (χ2v) is 3.95. The van der Waals surface area contributed by atoms with Crippen LogP contribution in [0.2, 0.25) is 0 Å². The van der Waals surface area contributed by atoms with Crippen molar-refractivity contribution in [3.05, 3.63) is 57.4 Å². The highest BCUT2D eigenvalue weighted by Gasteiger charge is 2.29. The number of ketones is 1. The van der Waals surface area contributed by atoms with Gasteiger partial charge in [0, 0.05) is 12.1 Å². The minimum Gasteiger partial charge on any atom is -0.508 e. The van der Waals surface area contributed by atoms with Gasteiger partial charge in [0.25, 0.3) is 5.69 Å². The molecular formula is C13H9NO6. The van der Waals surface area contributed by atoms with Gasteiger partial charge in [0.2, 0.25) is 0 Å². The highest BCUT2D eigenvalue weighted by molar-refractivity contribution is 6.23. The predicted octanol–water partition coefficient (Wildman–Crippen LogP) is 1.55. The molecule has 1 aliphatic rings. The van der Waals surface area contributed by atoms with Crippen molar-refractivity contribution in [2.24, 2.45) is 0 Å². The predicted molar refractivity (Wildman–Crippen MR) is 67.8 cm³/mol. The molecule has 0 atom stereocenters. The summed E-state index contributed by atoms with van der Waals surface area (Å²) in [6.45, 7) is -0.315. The summed E-state index contributed by atoms with van der Waals surface area (Å²) in [4.78, 5) is 33.0. The van der Waals surface area contributed by atoms with Gasteiger partial charge in [-0.15, -0.1) is 0 Å². The second kappa shape index (κ2) is 5.35. The molecule has 1 heterocycles. The number of benzene rings is 1. The van der Waals surface area contributed by atoms with E-state index in [0.717, 1.165) is 6.08 Å². The van der Waals surface area contributed by atoms with Crippen LogP contribution in [-0.2, 0) is 14.3 Å². The van der Waals surface area contributed by atoms with E-state index in [2.05, 4.69) is 4.74 Å². The molecule has 0 aliphatic carbocycles. The van der Waals surface area contributed by atoms with Gasteiger partial charge in [-0.05, 0) is 11.6 Å². The number of nitro groups is 1. The Hall–Kier alpha value is -2.96. The van der Waals surface area contributed by atoms with Gasteiger partial charge in [0.05, 0.1) is 4.92 Å². The van der Waals surface area contributed by atoms with E-state index >= 15 is 0 Å². The van der Waals surface area contributed by atoms with E-state index in [-0.39, 0.29) is 12.3 Å². The van der Waals surface area contributed by atoms with Gasteiger partial charge in [0.15, 0.2) is 5.78 Å². The van der Waals surface area contributed by atoms with Crippen LogP contribution in [0.1, 0.15) is 5.56 Å². The number of cyclic esters (lactones) is 1.